The number of carbonyl (C=O) groups excluding carboxylic acids is 1. The minimum absolute atomic E-state index is 0.0331. The van der Waals surface area contributed by atoms with Crippen molar-refractivity contribution in [2.24, 2.45) is 11.1 Å². The number of nitrogens with zero attached hydrogens (tertiary/aromatic N) is 2. The molecule has 29 heavy (non-hydrogen) atoms. The Morgan fingerprint density at radius 2 is 2.03 bits per heavy atom. The molecule has 6 heteroatoms. The maximum Gasteiger partial charge on any atom is 0.223 e. The maximum atomic E-state index is 13.6. The van der Waals surface area contributed by atoms with E-state index in [9.17, 15) is 9.18 Å². The SMILES string of the molecule is COc1ccc(C2=NO[C@H](CN(Cc3cccc(F)c3)C(=O)CC(C)C)C2)cc1. The number of hydrogen-bond acceptors (Lipinski definition) is 4. The fraction of sp³-hybridized carbons (Fsp3) is 0.391. The zero-order valence-electron chi connectivity index (χ0n) is 17.1. The van der Waals surface area contributed by atoms with Gasteiger partial charge >= 0.3 is 0 Å². The monoisotopic (exact) mass is 398 g/mol. The lowest BCUT2D eigenvalue weighted by atomic mass is 10.0. The Kier molecular flexibility index (Phi) is 6.86. The van der Waals surface area contributed by atoms with Gasteiger partial charge in [-0.05, 0) is 53.4 Å². The fourth-order valence-electron chi connectivity index (χ4n) is 3.31. The van der Waals surface area contributed by atoms with Gasteiger partial charge in [0.05, 0.1) is 19.4 Å². The number of rotatable bonds is 8. The van der Waals surface area contributed by atoms with E-state index in [2.05, 4.69) is 5.16 Å². The summed E-state index contributed by atoms with van der Waals surface area (Å²) in [5, 5.41) is 4.22. The quantitative estimate of drug-likeness (QED) is 0.662. The van der Waals surface area contributed by atoms with Crippen molar-refractivity contribution in [3.63, 3.8) is 0 Å². The van der Waals surface area contributed by atoms with Crippen LogP contribution in [-0.4, -0.2) is 36.3 Å². The van der Waals surface area contributed by atoms with Gasteiger partial charge in [0.15, 0.2) is 6.10 Å². The molecule has 2 aromatic rings. The molecule has 0 radical (unpaired) electrons. The first kappa shape index (κ1) is 20.8. The minimum atomic E-state index is -0.305. The van der Waals surface area contributed by atoms with Crippen LogP contribution in [0.4, 0.5) is 4.39 Å². The Bertz CT molecular complexity index is 865. The molecule has 1 amide bonds. The average molecular weight is 398 g/mol. The second kappa shape index (κ2) is 9.54. The Hall–Kier alpha value is -2.89. The number of hydrogen-bond donors (Lipinski definition) is 0. The fourth-order valence-corrected chi connectivity index (χ4v) is 3.31. The first-order valence-electron chi connectivity index (χ1n) is 9.84. The van der Waals surface area contributed by atoms with E-state index in [1.807, 2.05) is 44.2 Å². The van der Waals surface area contributed by atoms with Crippen molar-refractivity contribution in [3.05, 3.63) is 65.5 Å². The first-order chi connectivity index (χ1) is 13.9. The van der Waals surface area contributed by atoms with E-state index >= 15 is 0 Å². The largest absolute Gasteiger partial charge is 0.497 e. The summed E-state index contributed by atoms with van der Waals surface area (Å²) in [5.74, 6) is 0.755. The van der Waals surface area contributed by atoms with Crippen LogP contribution in [0.2, 0.25) is 0 Å². The molecule has 1 heterocycles. The van der Waals surface area contributed by atoms with Gasteiger partial charge in [-0.15, -0.1) is 0 Å². The summed E-state index contributed by atoms with van der Waals surface area (Å²) in [4.78, 5) is 20.1. The van der Waals surface area contributed by atoms with E-state index in [-0.39, 0.29) is 23.7 Å². The van der Waals surface area contributed by atoms with E-state index in [1.54, 1.807) is 18.1 Å². The van der Waals surface area contributed by atoms with Crippen molar-refractivity contribution in [1.29, 1.82) is 0 Å². The summed E-state index contributed by atoms with van der Waals surface area (Å²) in [6.07, 6.45) is 0.826. The van der Waals surface area contributed by atoms with E-state index in [0.29, 0.717) is 25.9 Å². The second-order valence-corrected chi connectivity index (χ2v) is 7.70. The third-order valence-electron chi connectivity index (χ3n) is 4.78. The number of ether oxygens (including phenoxy) is 1. The average Bonchev–Trinajstić information content (AvgIpc) is 3.15. The molecule has 0 saturated carbocycles. The Morgan fingerprint density at radius 3 is 2.69 bits per heavy atom. The van der Waals surface area contributed by atoms with Crippen LogP contribution in [0.5, 0.6) is 5.75 Å². The Labute approximate surface area is 171 Å². The summed E-state index contributed by atoms with van der Waals surface area (Å²) in [6, 6.07) is 14.0. The topological polar surface area (TPSA) is 51.1 Å². The summed E-state index contributed by atoms with van der Waals surface area (Å²) in [5.41, 5.74) is 2.58. The van der Waals surface area contributed by atoms with Crippen molar-refractivity contribution >= 4 is 11.6 Å². The molecule has 0 spiro atoms. The second-order valence-electron chi connectivity index (χ2n) is 7.70. The van der Waals surface area contributed by atoms with Crippen LogP contribution in [0.3, 0.4) is 0 Å². The lowest BCUT2D eigenvalue weighted by molar-refractivity contribution is -0.134. The van der Waals surface area contributed by atoms with Crippen molar-refractivity contribution < 1.29 is 18.8 Å². The number of halogens is 1. The molecule has 0 fully saturated rings. The van der Waals surface area contributed by atoms with Gasteiger partial charge in [0.2, 0.25) is 5.91 Å². The van der Waals surface area contributed by atoms with Crippen molar-refractivity contribution in [3.8, 4) is 5.75 Å². The molecule has 3 rings (SSSR count). The van der Waals surface area contributed by atoms with Crippen LogP contribution >= 0.6 is 0 Å². The Balaban J connectivity index is 1.66. The van der Waals surface area contributed by atoms with Gasteiger partial charge in [0, 0.05) is 19.4 Å². The highest BCUT2D eigenvalue weighted by atomic mass is 19.1. The van der Waals surface area contributed by atoms with Gasteiger partial charge in [-0.1, -0.05) is 31.1 Å². The molecule has 0 aromatic heterocycles. The maximum absolute atomic E-state index is 13.6. The first-order valence-corrected chi connectivity index (χ1v) is 9.84. The van der Waals surface area contributed by atoms with Crippen molar-refractivity contribution in [2.45, 2.75) is 39.3 Å². The summed E-state index contributed by atoms with van der Waals surface area (Å²) in [6.45, 7) is 4.77. The molecule has 2 aromatic carbocycles. The van der Waals surface area contributed by atoms with Crippen LogP contribution in [0, 0.1) is 11.7 Å². The molecule has 0 N–H and O–H groups in total. The van der Waals surface area contributed by atoms with Gasteiger partial charge < -0.3 is 14.5 Å². The lowest BCUT2D eigenvalue weighted by Crippen LogP contribution is -2.37. The predicted octanol–water partition coefficient (Wildman–Crippen LogP) is 4.40. The molecule has 1 aliphatic rings. The van der Waals surface area contributed by atoms with Crippen LogP contribution < -0.4 is 4.74 Å². The number of carbonyl (C=O) groups is 1. The molecule has 1 atom stereocenters. The molecular weight excluding hydrogens is 371 g/mol. The normalized spacial score (nSPS) is 15.8. The molecule has 0 unspecified atom stereocenters. The highest BCUT2D eigenvalue weighted by Crippen LogP contribution is 2.21. The zero-order chi connectivity index (χ0) is 20.8. The predicted molar refractivity (Wildman–Crippen MR) is 110 cm³/mol. The number of methoxy groups -OCH3 is 1. The molecule has 1 aliphatic heterocycles. The third kappa shape index (κ3) is 5.79. The highest BCUT2D eigenvalue weighted by molar-refractivity contribution is 6.01. The lowest BCUT2D eigenvalue weighted by Gasteiger charge is -2.26. The van der Waals surface area contributed by atoms with E-state index in [4.69, 9.17) is 9.57 Å². The van der Waals surface area contributed by atoms with Gasteiger partial charge in [-0.3, -0.25) is 4.79 Å². The van der Waals surface area contributed by atoms with E-state index in [1.165, 1.54) is 12.1 Å². The van der Waals surface area contributed by atoms with Crippen LogP contribution in [0.25, 0.3) is 0 Å². The van der Waals surface area contributed by atoms with Gasteiger partial charge in [-0.2, -0.15) is 0 Å². The standard InChI is InChI=1S/C23H27FN2O3/c1-16(2)11-23(27)26(14-17-5-4-6-19(24)12-17)15-21-13-22(25-29-21)18-7-9-20(28-3)10-8-18/h4-10,12,16,21H,11,13-15H2,1-3H3/t21-/m0/s1. The smallest absolute Gasteiger partial charge is 0.223 e. The molecule has 0 bridgehead atoms. The molecule has 0 saturated heterocycles. The third-order valence-corrected chi connectivity index (χ3v) is 4.78. The minimum Gasteiger partial charge on any atom is -0.497 e. The summed E-state index contributed by atoms with van der Waals surface area (Å²) < 4.78 is 18.8. The van der Waals surface area contributed by atoms with Crippen molar-refractivity contribution in [1.82, 2.24) is 4.90 Å². The molecule has 0 aliphatic carbocycles. The zero-order valence-corrected chi connectivity index (χ0v) is 17.1. The Morgan fingerprint density at radius 1 is 1.28 bits per heavy atom. The van der Waals surface area contributed by atoms with E-state index < -0.39 is 0 Å². The van der Waals surface area contributed by atoms with Gasteiger partial charge in [-0.25, -0.2) is 4.39 Å². The van der Waals surface area contributed by atoms with Gasteiger partial charge in [0.1, 0.15) is 11.6 Å². The van der Waals surface area contributed by atoms with Crippen LogP contribution in [0.1, 0.15) is 37.8 Å². The highest BCUT2D eigenvalue weighted by Gasteiger charge is 2.27. The van der Waals surface area contributed by atoms with Gasteiger partial charge in [0.25, 0.3) is 0 Å². The number of amides is 1. The van der Waals surface area contributed by atoms with Crippen molar-refractivity contribution in [2.75, 3.05) is 13.7 Å². The number of benzene rings is 2. The molecule has 5 nitrogen and oxygen atoms in total. The van der Waals surface area contributed by atoms with Crippen LogP contribution in [-0.2, 0) is 16.2 Å². The molecule has 154 valence electrons. The number of oxime groups is 1. The van der Waals surface area contributed by atoms with E-state index in [0.717, 1.165) is 22.6 Å². The summed E-state index contributed by atoms with van der Waals surface area (Å²) in [7, 11) is 1.63. The molecular formula is C23H27FN2O3. The summed E-state index contributed by atoms with van der Waals surface area (Å²) >= 11 is 0. The van der Waals surface area contributed by atoms with Crippen LogP contribution in [0.15, 0.2) is 53.7 Å².